The van der Waals surface area contributed by atoms with E-state index >= 15 is 0 Å². The Morgan fingerprint density at radius 2 is 1.81 bits per heavy atom. The van der Waals surface area contributed by atoms with Gasteiger partial charge in [-0.2, -0.15) is 4.31 Å². The van der Waals surface area contributed by atoms with Crippen molar-refractivity contribution in [2.45, 2.75) is 31.0 Å². The van der Waals surface area contributed by atoms with Crippen LogP contribution in [-0.2, 0) is 14.8 Å². The van der Waals surface area contributed by atoms with E-state index in [4.69, 9.17) is 21.1 Å². The number of hydrogen-bond acceptors (Lipinski definition) is 5. The molecule has 10 heteroatoms. The zero-order valence-corrected chi connectivity index (χ0v) is 19.7. The Morgan fingerprint density at radius 1 is 1.19 bits per heavy atom. The number of halogens is 2. The van der Waals surface area contributed by atoms with E-state index < -0.39 is 10.0 Å². The fraction of sp³-hybridized carbons (Fsp3) is 0.409. The lowest BCUT2D eigenvalue weighted by Gasteiger charge is -2.34. The number of morpholine rings is 1. The molecule has 0 radical (unpaired) electrons. The molecule has 1 heterocycles. The topological polar surface area (TPSA) is 76.2 Å². The van der Waals surface area contributed by atoms with Crippen LogP contribution in [0.4, 0.5) is 4.39 Å². The van der Waals surface area contributed by atoms with Crippen molar-refractivity contribution in [1.82, 2.24) is 9.21 Å². The normalized spacial score (nSPS) is 19.5. The first kappa shape index (κ1) is 24.4. The summed E-state index contributed by atoms with van der Waals surface area (Å²) >= 11 is 6.21. The molecule has 32 heavy (non-hydrogen) atoms. The van der Waals surface area contributed by atoms with Crippen LogP contribution in [0.25, 0.3) is 0 Å². The van der Waals surface area contributed by atoms with Gasteiger partial charge in [-0.05, 0) is 56.3 Å². The van der Waals surface area contributed by atoms with Crippen LogP contribution in [0.2, 0.25) is 5.02 Å². The second-order valence-corrected chi connectivity index (χ2v) is 10.1. The lowest BCUT2D eigenvalue weighted by molar-refractivity contribution is -0.0440. The van der Waals surface area contributed by atoms with Crippen LogP contribution in [0.15, 0.2) is 47.4 Å². The number of carbonyl (C=O) groups is 1. The van der Waals surface area contributed by atoms with Crippen molar-refractivity contribution in [1.29, 1.82) is 0 Å². The van der Waals surface area contributed by atoms with E-state index in [1.807, 2.05) is 13.8 Å². The van der Waals surface area contributed by atoms with Gasteiger partial charge in [-0.25, -0.2) is 12.8 Å². The first-order valence-electron chi connectivity index (χ1n) is 10.2. The SMILES string of the molecule is C[C@H]1CN(S(=O)(=O)c2cc(C(=O)N(C)CCOc3ccc(F)cc3)ccc2Cl)C[C@H](C)O1. The van der Waals surface area contributed by atoms with Crippen LogP contribution in [-0.4, -0.2) is 69.0 Å². The molecular weight excluding hydrogens is 459 g/mol. The first-order chi connectivity index (χ1) is 15.1. The number of rotatable bonds is 7. The molecule has 0 bridgehead atoms. The van der Waals surface area contributed by atoms with Gasteiger partial charge in [0.25, 0.3) is 5.91 Å². The van der Waals surface area contributed by atoms with Crippen LogP contribution < -0.4 is 4.74 Å². The minimum Gasteiger partial charge on any atom is -0.492 e. The number of sulfonamides is 1. The average molecular weight is 485 g/mol. The van der Waals surface area contributed by atoms with Gasteiger partial charge < -0.3 is 14.4 Å². The number of nitrogens with zero attached hydrogens (tertiary/aromatic N) is 2. The molecule has 0 aromatic heterocycles. The lowest BCUT2D eigenvalue weighted by Crippen LogP contribution is -2.48. The van der Waals surface area contributed by atoms with E-state index in [1.54, 1.807) is 7.05 Å². The third kappa shape index (κ3) is 5.78. The van der Waals surface area contributed by atoms with Gasteiger partial charge in [-0.1, -0.05) is 11.6 Å². The van der Waals surface area contributed by atoms with Crippen molar-refractivity contribution < 1.29 is 27.1 Å². The lowest BCUT2D eigenvalue weighted by atomic mass is 10.2. The maximum Gasteiger partial charge on any atom is 0.253 e. The maximum absolute atomic E-state index is 13.2. The largest absolute Gasteiger partial charge is 0.492 e. The minimum atomic E-state index is -3.90. The fourth-order valence-electron chi connectivity index (χ4n) is 3.45. The van der Waals surface area contributed by atoms with Crippen molar-refractivity contribution in [2.24, 2.45) is 0 Å². The second kappa shape index (κ2) is 10.2. The van der Waals surface area contributed by atoms with Crippen molar-refractivity contribution in [3.63, 3.8) is 0 Å². The van der Waals surface area contributed by atoms with Crippen LogP contribution >= 0.6 is 11.6 Å². The fourth-order valence-corrected chi connectivity index (χ4v) is 5.54. The van der Waals surface area contributed by atoms with Crippen molar-refractivity contribution in [3.8, 4) is 5.75 Å². The Bertz CT molecular complexity index is 1050. The highest BCUT2D eigenvalue weighted by Gasteiger charge is 2.34. The molecule has 0 saturated carbocycles. The molecule has 1 fully saturated rings. The summed E-state index contributed by atoms with van der Waals surface area (Å²) in [6.45, 7) is 4.48. The van der Waals surface area contributed by atoms with Crippen LogP contribution in [0.3, 0.4) is 0 Å². The number of benzene rings is 2. The van der Waals surface area contributed by atoms with E-state index in [0.717, 1.165) is 0 Å². The van der Waals surface area contributed by atoms with E-state index in [1.165, 1.54) is 51.7 Å². The van der Waals surface area contributed by atoms with E-state index in [0.29, 0.717) is 5.75 Å². The molecule has 0 N–H and O–H groups in total. The summed E-state index contributed by atoms with van der Waals surface area (Å²) in [6.07, 6.45) is -0.492. The minimum absolute atomic E-state index is 0.0515. The number of hydrogen-bond donors (Lipinski definition) is 0. The summed E-state index contributed by atoms with van der Waals surface area (Å²) in [7, 11) is -2.31. The van der Waals surface area contributed by atoms with E-state index in [-0.39, 0.29) is 65.7 Å². The Balaban J connectivity index is 1.71. The molecule has 174 valence electrons. The summed E-state index contributed by atoms with van der Waals surface area (Å²) in [5, 5.41) is 0.0515. The molecule has 1 aliphatic rings. The highest BCUT2D eigenvalue weighted by molar-refractivity contribution is 7.89. The number of amides is 1. The molecule has 1 saturated heterocycles. The first-order valence-corrected chi connectivity index (χ1v) is 12.0. The average Bonchev–Trinajstić information content (AvgIpc) is 2.74. The molecule has 2 aromatic carbocycles. The molecule has 2 atom stereocenters. The van der Waals surface area contributed by atoms with Gasteiger partial charge in [-0.15, -0.1) is 0 Å². The smallest absolute Gasteiger partial charge is 0.253 e. The predicted octanol–water partition coefficient (Wildman–Crippen LogP) is 3.43. The molecule has 0 unspecified atom stereocenters. The van der Waals surface area contributed by atoms with Gasteiger partial charge in [0.05, 0.1) is 23.8 Å². The van der Waals surface area contributed by atoms with Gasteiger partial charge in [0.15, 0.2) is 0 Å². The van der Waals surface area contributed by atoms with Crippen LogP contribution in [0.5, 0.6) is 5.75 Å². The standard InChI is InChI=1S/C22H26ClFN2O5S/c1-15-13-26(14-16(2)31-15)32(28,29)21-12-17(4-9-20(21)23)22(27)25(3)10-11-30-19-7-5-18(24)6-8-19/h4-9,12,15-16H,10-11,13-14H2,1-3H3/t15-,16-/m0/s1. The molecule has 7 nitrogen and oxygen atoms in total. The van der Waals surface area contributed by atoms with Gasteiger partial charge in [0.1, 0.15) is 23.1 Å². The van der Waals surface area contributed by atoms with Crippen LogP contribution in [0.1, 0.15) is 24.2 Å². The van der Waals surface area contributed by atoms with Gasteiger partial charge in [-0.3, -0.25) is 4.79 Å². The maximum atomic E-state index is 13.2. The van der Waals surface area contributed by atoms with Crippen molar-refractivity contribution in [2.75, 3.05) is 33.3 Å². The Kier molecular flexibility index (Phi) is 7.76. The molecule has 0 aliphatic carbocycles. The van der Waals surface area contributed by atoms with Crippen molar-refractivity contribution in [3.05, 3.63) is 58.9 Å². The van der Waals surface area contributed by atoms with Gasteiger partial charge >= 0.3 is 0 Å². The molecule has 3 rings (SSSR count). The van der Waals surface area contributed by atoms with E-state index in [9.17, 15) is 17.6 Å². The zero-order chi connectivity index (χ0) is 23.5. The summed E-state index contributed by atoms with van der Waals surface area (Å²) in [5.41, 5.74) is 0.201. The molecule has 1 aliphatic heterocycles. The summed E-state index contributed by atoms with van der Waals surface area (Å²) in [5.74, 6) is -0.246. The molecule has 0 spiro atoms. The third-order valence-electron chi connectivity index (χ3n) is 5.04. The van der Waals surface area contributed by atoms with Crippen LogP contribution in [0, 0.1) is 5.82 Å². The third-order valence-corrected chi connectivity index (χ3v) is 7.35. The highest BCUT2D eigenvalue weighted by atomic mass is 35.5. The highest BCUT2D eigenvalue weighted by Crippen LogP contribution is 2.28. The number of ether oxygens (including phenoxy) is 2. The quantitative estimate of drug-likeness (QED) is 0.602. The summed E-state index contributed by atoms with van der Waals surface area (Å²) in [4.78, 5) is 14.2. The zero-order valence-electron chi connectivity index (χ0n) is 18.1. The summed E-state index contributed by atoms with van der Waals surface area (Å²) < 4.78 is 51.9. The Hall–Kier alpha value is -2.20. The van der Waals surface area contributed by atoms with Gasteiger partial charge in [0, 0.05) is 25.7 Å². The second-order valence-electron chi connectivity index (χ2n) is 7.75. The van der Waals surface area contributed by atoms with E-state index in [2.05, 4.69) is 0 Å². The predicted molar refractivity (Wildman–Crippen MR) is 119 cm³/mol. The van der Waals surface area contributed by atoms with Gasteiger partial charge in [0.2, 0.25) is 10.0 Å². The number of likely N-dealkylation sites (N-methyl/N-ethyl adjacent to an activating group) is 1. The molecular formula is C22H26ClFN2O5S. The monoisotopic (exact) mass is 484 g/mol. The summed E-state index contributed by atoms with van der Waals surface area (Å²) in [6, 6.07) is 9.79. The molecule has 1 amide bonds. The Labute approximate surface area is 192 Å². The number of carbonyl (C=O) groups excluding carboxylic acids is 1. The Morgan fingerprint density at radius 3 is 2.44 bits per heavy atom. The van der Waals surface area contributed by atoms with Crippen molar-refractivity contribution >= 4 is 27.5 Å². The molecule has 2 aromatic rings.